The van der Waals surface area contributed by atoms with Gasteiger partial charge in [-0.2, -0.15) is 14.5 Å². The molecule has 0 saturated carbocycles. The van der Waals surface area contributed by atoms with Gasteiger partial charge in [0.05, 0.1) is 11.4 Å². The van der Waals surface area contributed by atoms with Gasteiger partial charge in [-0.15, -0.1) is 0 Å². The third-order valence-electron chi connectivity index (χ3n) is 4.36. The van der Waals surface area contributed by atoms with E-state index in [9.17, 15) is 8.42 Å². The number of nitrogens with zero attached hydrogens (tertiary/aromatic N) is 5. The quantitative estimate of drug-likeness (QED) is 0.765. The fourth-order valence-electron chi connectivity index (χ4n) is 2.87. The molecule has 0 aliphatic rings. The van der Waals surface area contributed by atoms with Crippen LogP contribution in [0.5, 0.6) is 0 Å². The van der Waals surface area contributed by atoms with Crippen molar-refractivity contribution in [1.82, 2.24) is 23.9 Å². The van der Waals surface area contributed by atoms with Crippen molar-refractivity contribution in [3.05, 3.63) is 28.8 Å². The molecule has 8 heteroatoms. The molecule has 0 radical (unpaired) electrons. The van der Waals surface area contributed by atoms with Crippen molar-refractivity contribution in [2.24, 2.45) is 0 Å². The maximum Gasteiger partial charge on any atom is 0.246 e. The second kappa shape index (κ2) is 7.06. The molecule has 0 aromatic carbocycles. The van der Waals surface area contributed by atoms with Crippen LogP contribution in [-0.4, -0.2) is 38.8 Å². The third-order valence-corrected chi connectivity index (χ3v) is 6.38. The summed E-state index contributed by atoms with van der Waals surface area (Å²) in [5.41, 5.74) is 3.41. The lowest BCUT2D eigenvalue weighted by molar-refractivity contribution is 0.421. The van der Waals surface area contributed by atoms with Gasteiger partial charge in [-0.25, -0.2) is 8.42 Å². The highest BCUT2D eigenvalue weighted by Gasteiger charge is 2.28. The monoisotopic (exact) mass is 353 g/mol. The van der Waals surface area contributed by atoms with Crippen LogP contribution in [0.4, 0.5) is 0 Å². The fourth-order valence-corrected chi connectivity index (χ4v) is 4.45. The summed E-state index contributed by atoms with van der Waals surface area (Å²) in [6.45, 7) is 13.6. The molecule has 0 N–H and O–H groups in total. The maximum absolute atomic E-state index is 13.1. The van der Waals surface area contributed by atoms with Crippen LogP contribution in [0.1, 0.15) is 43.4 Å². The van der Waals surface area contributed by atoms with E-state index in [1.165, 1.54) is 4.31 Å². The Balaban J connectivity index is 2.40. The molecule has 134 valence electrons. The summed E-state index contributed by atoms with van der Waals surface area (Å²) in [4.78, 5) is 0.282. The second-order valence-electron chi connectivity index (χ2n) is 5.83. The van der Waals surface area contributed by atoms with Crippen LogP contribution in [0.25, 0.3) is 0 Å². The Morgan fingerprint density at radius 2 is 1.71 bits per heavy atom. The van der Waals surface area contributed by atoms with Crippen LogP contribution in [0.2, 0.25) is 0 Å². The van der Waals surface area contributed by atoms with Gasteiger partial charge in [-0.1, -0.05) is 6.92 Å². The lowest BCUT2D eigenvalue weighted by Crippen LogP contribution is -2.31. The first-order valence-corrected chi connectivity index (χ1v) is 9.77. The smallest absolute Gasteiger partial charge is 0.246 e. The largest absolute Gasteiger partial charge is 0.271 e. The number of hydrogen-bond donors (Lipinski definition) is 0. The van der Waals surface area contributed by atoms with Crippen molar-refractivity contribution in [1.29, 1.82) is 0 Å². The summed E-state index contributed by atoms with van der Waals surface area (Å²) in [6, 6.07) is 0. The predicted octanol–water partition coefficient (Wildman–Crippen LogP) is 2.26. The summed E-state index contributed by atoms with van der Waals surface area (Å²) in [5, 5.41) is 8.75. The zero-order valence-electron chi connectivity index (χ0n) is 15.4. The first-order valence-electron chi connectivity index (χ1n) is 8.33. The molecule has 2 heterocycles. The zero-order chi connectivity index (χ0) is 18.1. The van der Waals surface area contributed by atoms with E-state index < -0.39 is 10.0 Å². The molecule has 2 aromatic rings. The van der Waals surface area contributed by atoms with Crippen molar-refractivity contribution < 1.29 is 8.42 Å². The first-order chi connectivity index (χ1) is 11.3. The van der Waals surface area contributed by atoms with Gasteiger partial charge >= 0.3 is 0 Å². The molecule has 0 fully saturated rings. The first kappa shape index (κ1) is 18.7. The number of rotatable bonds is 7. The predicted molar refractivity (Wildman–Crippen MR) is 93.3 cm³/mol. The minimum absolute atomic E-state index is 0.282. The minimum atomic E-state index is -3.59. The minimum Gasteiger partial charge on any atom is -0.271 e. The highest BCUT2D eigenvalue weighted by atomic mass is 32.2. The number of aryl methyl sites for hydroxylation is 4. The average Bonchev–Trinajstić information content (AvgIpc) is 3.05. The lowest BCUT2D eigenvalue weighted by Gasteiger charge is -2.20. The van der Waals surface area contributed by atoms with Gasteiger partial charge < -0.3 is 0 Å². The van der Waals surface area contributed by atoms with E-state index in [1.54, 1.807) is 17.8 Å². The zero-order valence-corrected chi connectivity index (χ0v) is 16.2. The molecule has 0 amide bonds. The molecule has 0 bridgehead atoms. The Morgan fingerprint density at radius 1 is 1.04 bits per heavy atom. The van der Waals surface area contributed by atoms with E-state index >= 15 is 0 Å². The van der Waals surface area contributed by atoms with Crippen molar-refractivity contribution in [2.75, 3.05) is 6.54 Å². The molecule has 2 rings (SSSR count). The summed E-state index contributed by atoms with van der Waals surface area (Å²) in [6.07, 6.45) is 1.61. The van der Waals surface area contributed by atoms with Crippen LogP contribution >= 0.6 is 0 Å². The van der Waals surface area contributed by atoms with E-state index in [4.69, 9.17) is 0 Å². The van der Waals surface area contributed by atoms with E-state index in [1.807, 2.05) is 39.3 Å². The van der Waals surface area contributed by atoms with Crippen molar-refractivity contribution in [2.45, 2.75) is 66.1 Å². The molecule has 0 spiro atoms. The SMILES string of the molecule is CCN(Cc1c(C)nn(CC)c1C)S(=O)(=O)c1cn(CC)nc1C. The van der Waals surface area contributed by atoms with Gasteiger partial charge in [-0.05, 0) is 34.6 Å². The number of hydrogen-bond acceptors (Lipinski definition) is 4. The summed E-state index contributed by atoms with van der Waals surface area (Å²) in [7, 11) is -3.59. The molecule has 24 heavy (non-hydrogen) atoms. The molecule has 0 unspecified atom stereocenters. The van der Waals surface area contributed by atoms with Crippen molar-refractivity contribution in [3.8, 4) is 0 Å². The topological polar surface area (TPSA) is 73.0 Å². The molecule has 7 nitrogen and oxygen atoms in total. The van der Waals surface area contributed by atoms with Gasteiger partial charge in [-0.3, -0.25) is 9.36 Å². The van der Waals surface area contributed by atoms with E-state index in [0.717, 1.165) is 23.5 Å². The maximum atomic E-state index is 13.1. The lowest BCUT2D eigenvalue weighted by atomic mass is 10.2. The van der Waals surface area contributed by atoms with Gasteiger partial charge in [0.25, 0.3) is 0 Å². The molecule has 0 aliphatic heterocycles. The van der Waals surface area contributed by atoms with Crippen LogP contribution < -0.4 is 0 Å². The fraction of sp³-hybridized carbons (Fsp3) is 0.625. The molecule has 0 saturated heterocycles. The standard InChI is InChI=1S/C16H27N5O2S/c1-7-19-11-16(13(5)17-19)24(22,23)20(8-2)10-15-12(4)18-21(9-3)14(15)6/h11H,7-10H2,1-6H3. The van der Waals surface area contributed by atoms with E-state index in [-0.39, 0.29) is 4.90 Å². The van der Waals surface area contributed by atoms with Crippen molar-refractivity contribution in [3.63, 3.8) is 0 Å². The molecule has 2 aromatic heterocycles. The van der Waals surface area contributed by atoms with E-state index in [0.29, 0.717) is 25.3 Å². The summed E-state index contributed by atoms with van der Waals surface area (Å²) < 4.78 is 31.2. The second-order valence-corrected chi connectivity index (χ2v) is 7.74. The highest BCUT2D eigenvalue weighted by molar-refractivity contribution is 7.89. The Bertz CT molecular complexity index is 820. The third kappa shape index (κ3) is 3.25. The molecule has 0 atom stereocenters. The Labute approximate surface area is 144 Å². The van der Waals surface area contributed by atoms with Gasteiger partial charge in [0.15, 0.2) is 0 Å². The molecular weight excluding hydrogens is 326 g/mol. The van der Waals surface area contributed by atoms with Crippen LogP contribution in [0.15, 0.2) is 11.1 Å². The van der Waals surface area contributed by atoms with Gasteiger partial charge in [0, 0.05) is 43.6 Å². The van der Waals surface area contributed by atoms with Crippen LogP contribution in [0.3, 0.4) is 0 Å². The van der Waals surface area contributed by atoms with Crippen LogP contribution in [-0.2, 0) is 29.7 Å². The Kier molecular flexibility index (Phi) is 5.49. The van der Waals surface area contributed by atoms with Crippen LogP contribution in [0, 0.1) is 20.8 Å². The van der Waals surface area contributed by atoms with Gasteiger partial charge in [0.2, 0.25) is 10.0 Å². The van der Waals surface area contributed by atoms with E-state index in [2.05, 4.69) is 10.2 Å². The Hall–Kier alpha value is -1.67. The number of sulfonamides is 1. The Morgan fingerprint density at radius 3 is 2.17 bits per heavy atom. The molecular formula is C16H27N5O2S. The summed E-state index contributed by atoms with van der Waals surface area (Å²) >= 11 is 0. The normalized spacial score (nSPS) is 12.3. The van der Waals surface area contributed by atoms with Gasteiger partial charge in [0.1, 0.15) is 4.90 Å². The number of aromatic nitrogens is 4. The highest BCUT2D eigenvalue weighted by Crippen LogP contribution is 2.23. The summed E-state index contributed by atoms with van der Waals surface area (Å²) in [5.74, 6) is 0. The average molecular weight is 353 g/mol. The molecule has 0 aliphatic carbocycles. The van der Waals surface area contributed by atoms with Crippen molar-refractivity contribution >= 4 is 10.0 Å².